The first-order valence-electron chi connectivity index (χ1n) is 8.30. The van der Waals surface area contributed by atoms with E-state index in [1.807, 2.05) is 11.3 Å². The molecular formula is C20H22N2S. The Kier molecular flexibility index (Phi) is 4.17. The number of hydrogen-bond donors (Lipinski definition) is 1. The third-order valence-corrected chi connectivity index (χ3v) is 5.66. The number of rotatable bonds is 3. The molecule has 3 aromatic rings. The average Bonchev–Trinajstić information content (AvgIpc) is 3.00. The van der Waals surface area contributed by atoms with E-state index in [1.165, 1.54) is 26.8 Å². The summed E-state index contributed by atoms with van der Waals surface area (Å²) in [4.78, 5) is 2.62. The van der Waals surface area contributed by atoms with Gasteiger partial charge in [0.15, 0.2) is 0 Å². The lowest BCUT2D eigenvalue weighted by Gasteiger charge is -2.35. The molecule has 1 saturated heterocycles. The maximum atomic E-state index is 3.48. The summed E-state index contributed by atoms with van der Waals surface area (Å²) in [5, 5.41) is 7.24. The molecule has 1 aliphatic rings. The van der Waals surface area contributed by atoms with Crippen molar-refractivity contribution in [2.24, 2.45) is 0 Å². The Morgan fingerprint density at radius 3 is 2.70 bits per heavy atom. The van der Waals surface area contributed by atoms with Crippen molar-refractivity contribution >= 4 is 21.4 Å². The van der Waals surface area contributed by atoms with Crippen LogP contribution in [0.2, 0.25) is 0 Å². The summed E-state index contributed by atoms with van der Waals surface area (Å²) in [6.45, 7) is 6.53. The molecule has 0 spiro atoms. The van der Waals surface area contributed by atoms with Gasteiger partial charge in [-0.2, -0.15) is 0 Å². The Hall–Kier alpha value is -1.68. The Morgan fingerprint density at radius 2 is 1.87 bits per heavy atom. The smallest absolute Gasteiger partial charge is 0.0617 e. The van der Waals surface area contributed by atoms with Crippen LogP contribution in [0.15, 0.2) is 53.9 Å². The van der Waals surface area contributed by atoms with Crippen LogP contribution in [0.4, 0.5) is 0 Å². The zero-order valence-corrected chi connectivity index (χ0v) is 14.3. The summed E-state index contributed by atoms with van der Waals surface area (Å²) in [5.41, 5.74) is 4.20. The van der Waals surface area contributed by atoms with Crippen molar-refractivity contribution in [1.82, 2.24) is 10.2 Å². The second kappa shape index (κ2) is 6.44. The van der Waals surface area contributed by atoms with E-state index in [-0.39, 0.29) is 0 Å². The highest BCUT2D eigenvalue weighted by molar-refractivity contribution is 7.17. The van der Waals surface area contributed by atoms with Crippen molar-refractivity contribution in [3.05, 3.63) is 70.6 Å². The Morgan fingerprint density at radius 1 is 1.04 bits per heavy atom. The van der Waals surface area contributed by atoms with Gasteiger partial charge >= 0.3 is 0 Å². The van der Waals surface area contributed by atoms with Crippen molar-refractivity contribution in [1.29, 1.82) is 0 Å². The number of nitrogens with one attached hydrogen (secondary N) is 1. The lowest BCUT2D eigenvalue weighted by atomic mass is 9.95. The maximum absolute atomic E-state index is 3.48. The SMILES string of the molecule is Cc1cccc(C(c2csc3ccccc23)N2CCNCC2)c1. The van der Waals surface area contributed by atoms with Crippen LogP contribution >= 0.6 is 11.3 Å². The second-order valence-corrected chi connectivity index (χ2v) is 7.20. The molecule has 2 nitrogen and oxygen atoms in total. The monoisotopic (exact) mass is 322 g/mol. The van der Waals surface area contributed by atoms with E-state index < -0.39 is 0 Å². The zero-order chi connectivity index (χ0) is 15.6. The summed E-state index contributed by atoms with van der Waals surface area (Å²) >= 11 is 1.86. The fourth-order valence-corrected chi connectivity index (χ4v) is 4.56. The summed E-state index contributed by atoms with van der Waals surface area (Å²) in [5.74, 6) is 0. The highest BCUT2D eigenvalue weighted by Crippen LogP contribution is 2.37. The van der Waals surface area contributed by atoms with Crippen molar-refractivity contribution in [3.63, 3.8) is 0 Å². The van der Waals surface area contributed by atoms with E-state index in [9.17, 15) is 0 Å². The third kappa shape index (κ3) is 2.92. The van der Waals surface area contributed by atoms with Crippen LogP contribution in [-0.2, 0) is 0 Å². The minimum Gasteiger partial charge on any atom is -0.314 e. The highest BCUT2D eigenvalue weighted by atomic mass is 32.1. The van der Waals surface area contributed by atoms with Crippen LogP contribution in [-0.4, -0.2) is 31.1 Å². The van der Waals surface area contributed by atoms with Gasteiger partial charge in [-0.05, 0) is 34.9 Å². The van der Waals surface area contributed by atoms with Gasteiger partial charge in [0.1, 0.15) is 0 Å². The molecule has 23 heavy (non-hydrogen) atoms. The van der Waals surface area contributed by atoms with E-state index in [2.05, 4.69) is 71.1 Å². The summed E-state index contributed by atoms with van der Waals surface area (Å²) < 4.78 is 1.38. The minimum atomic E-state index is 0.355. The predicted molar refractivity (Wildman–Crippen MR) is 99.3 cm³/mol. The average molecular weight is 322 g/mol. The van der Waals surface area contributed by atoms with Crippen LogP contribution in [0, 0.1) is 6.92 Å². The third-order valence-electron chi connectivity index (χ3n) is 4.68. The van der Waals surface area contributed by atoms with Gasteiger partial charge in [-0.1, -0.05) is 48.0 Å². The largest absolute Gasteiger partial charge is 0.314 e. The minimum absolute atomic E-state index is 0.355. The van der Waals surface area contributed by atoms with Gasteiger partial charge in [0.25, 0.3) is 0 Å². The maximum Gasteiger partial charge on any atom is 0.0617 e. The van der Waals surface area contributed by atoms with Crippen molar-refractivity contribution < 1.29 is 0 Å². The van der Waals surface area contributed by atoms with Crippen LogP contribution in [0.3, 0.4) is 0 Å². The van der Waals surface area contributed by atoms with Gasteiger partial charge in [-0.25, -0.2) is 0 Å². The molecule has 0 amide bonds. The standard InChI is InChI=1S/C20H22N2S/c1-15-5-4-6-16(13-15)20(22-11-9-21-10-12-22)18-14-23-19-8-3-2-7-17(18)19/h2-8,13-14,20-21H,9-12H2,1H3. The lowest BCUT2D eigenvalue weighted by Crippen LogP contribution is -2.45. The Balaban J connectivity index is 1.84. The predicted octanol–water partition coefficient (Wildman–Crippen LogP) is 4.20. The van der Waals surface area contributed by atoms with Gasteiger partial charge in [-0.15, -0.1) is 11.3 Å². The molecule has 0 saturated carbocycles. The molecule has 0 bridgehead atoms. The number of thiophene rings is 1. The normalized spacial score (nSPS) is 17.4. The molecule has 2 aromatic carbocycles. The van der Waals surface area contributed by atoms with Gasteiger partial charge in [0.2, 0.25) is 0 Å². The van der Waals surface area contributed by atoms with E-state index in [0.717, 1.165) is 26.2 Å². The fourth-order valence-electron chi connectivity index (χ4n) is 3.58. The van der Waals surface area contributed by atoms with Crippen molar-refractivity contribution in [2.75, 3.05) is 26.2 Å². The lowest BCUT2D eigenvalue weighted by molar-refractivity contribution is 0.199. The van der Waals surface area contributed by atoms with E-state index >= 15 is 0 Å². The summed E-state index contributed by atoms with van der Waals surface area (Å²) in [6.07, 6.45) is 0. The number of nitrogens with zero attached hydrogens (tertiary/aromatic N) is 1. The second-order valence-electron chi connectivity index (χ2n) is 6.29. The van der Waals surface area contributed by atoms with E-state index in [0.29, 0.717) is 6.04 Å². The van der Waals surface area contributed by atoms with Crippen molar-refractivity contribution in [3.8, 4) is 0 Å². The molecule has 118 valence electrons. The van der Waals surface area contributed by atoms with Gasteiger partial charge in [0, 0.05) is 30.9 Å². The molecular weight excluding hydrogens is 300 g/mol. The molecule has 1 aliphatic heterocycles. The molecule has 1 atom stereocenters. The Labute approximate surface area is 141 Å². The first kappa shape index (κ1) is 14.9. The number of hydrogen-bond acceptors (Lipinski definition) is 3. The van der Waals surface area contributed by atoms with Gasteiger partial charge < -0.3 is 5.32 Å². The molecule has 1 unspecified atom stereocenters. The van der Waals surface area contributed by atoms with Crippen molar-refractivity contribution in [2.45, 2.75) is 13.0 Å². The fraction of sp³-hybridized carbons (Fsp3) is 0.300. The quantitative estimate of drug-likeness (QED) is 0.777. The number of piperazine rings is 1. The van der Waals surface area contributed by atoms with E-state index in [4.69, 9.17) is 0 Å². The molecule has 2 heterocycles. The molecule has 4 rings (SSSR count). The van der Waals surface area contributed by atoms with E-state index in [1.54, 1.807) is 0 Å². The molecule has 0 radical (unpaired) electrons. The molecule has 0 aliphatic carbocycles. The first-order chi connectivity index (χ1) is 11.3. The topological polar surface area (TPSA) is 15.3 Å². The number of aryl methyl sites for hydroxylation is 1. The first-order valence-corrected chi connectivity index (χ1v) is 9.18. The molecule has 3 heteroatoms. The summed E-state index contributed by atoms with van der Waals surface area (Å²) in [6, 6.07) is 18.1. The molecule has 1 aromatic heterocycles. The molecule has 1 N–H and O–H groups in total. The number of benzene rings is 2. The Bertz CT molecular complexity index is 802. The van der Waals surface area contributed by atoms with Gasteiger partial charge in [-0.3, -0.25) is 4.90 Å². The highest BCUT2D eigenvalue weighted by Gasteiger charge is 2.26. The van der Waals surface area contributed by atoms with Gasteiger partial charge in [0.05, 0.1) is 6.04 Å². The summed E-state index contributed by atoms with van der Waals surface area (Å²) in [7, 11) is 0. The zero-order valence-electron chi connectivity index (χ0n) is 13.5. The van der Waals surface area contributed by atoms with Crippen LogP contribution in [0.25, 0.3) is 10.1 Å². The van der Waals surface area contributed by atoms with Crippen LogP contribution < -0.4 is 5.32 Å². The molecule has 1 fully saturated rings. The van der Waals surface area contributed by atoms with Crippen LogP contribution in [0.1, 0.15) is 22.7 Å². The number of fused-ring (bicyclic) bond motifs is 1. The van der Waals surface area contributed by atoms with Crippen LogP contribution in [0.5, 0.6) is 0 Å².